The van der Waals surface area contributed by atoms with Crippen LogP contribution in [0.3, 0.4) is 0 Å². The molecule has 1 rings (SSSR count). The standard InChI is InChI=1S/C14H25N3O2/c1-4-5-6-7-8-11(2)15-10-13-12(14(18)19)9-16-17(13)3/h9,11,15H,4-8,10H2,1-3H3,(H,18,19). The first-order valence-electron chi connectivity index (χ1n) is 7.03. The molecule has 1 unspecified atom stereocenters. The molecule has 0 aliphatic rings. The quantitative estimate of drug-likeness (QED) is 0.675. The molecule has 1 aromatic heterocycles. The number of rotatable bonds is 9. The van der Waals surface area contributed by atoms with Gasteiger partial charge in [0, 0.05) is 19.6 Å². The number of carbonyl (C=O) groups is 1. The lowest BCUT2D eigenvalue weighted by atomic mass is 10.1. The summed E-state index contributed by atoms with van der Waals surface area (Å²) in [5.41, 5.74) is 1.01. The number of nitrogens with one attached hydrogen (secondary N) is 1. The maximum atomic E-state index is 11.0. The molecule has 0 spiro atoms. The van der Waals surface area contributed by atoms with E-state index in [0.29, 0.717) is 12.6 Å². The number of carboxylic acids is 1. The summed E-state index contributed by atoms with van der Waals surface area (Å²) in [6.45, 7) is 4.90. The highest BCUT2D eigenvalue weighted by Gasteiger charge is 2.15. The summed E-state index contributed by atoms with van der Waals surface area (Å²) in [4.78, 5) is 11.0. The number of nitrogens with zero attached hydrogens (tertiary/aromatic N) is 2. The summed E-state index contributed by atoms with van der Waals surface area (Å²) in [7, 11) is 1.77. The fourth-order valence-electron chi connectivity index (χ4n) is 2.10. The third-order valence-corrected chi connectivity index (χ3v) is 3.40. The number of unbranched alkanes of at least 4 members (excludes halogenated alkanes) is 3. The Labute approximate surface area is 115 Å². The molecule has 0 aliphatic carbocycles. The molecule has 0 bridgehead atoms. The summed E-state index contributed by atoms with van der Waals surface area (Å²) in [5.74, 6) is -0.916. The van der Waals surface area contributed by atoms with Gasteiger partial charge in [0.15, 0.2) is 0 Å². The maximum Gasteiger partial charge on any atom is 0.339 e. The van der Waals surface area contributed by atoms with Crippen LogP contribution in [-0.2, 0) is 13.6 Å². The molecule has 0 aromatic carbocycles. The summed E-state index contributed by atoms with van der Waals surface area (Å²) in [5, 5.41) is 16.4. The lowest BCUT2D eigenvalue weighted by molar-refractivity contribution is 0.0695. The highest BCUT2D eigenvalue weighted by atomic mass is 16.4. The number of carboxylic acid groups (broad SMARTS) is 1. The minimum absolute atomic E-state index is 0.285. The number of aryl methyl sites for hydroxylation is 1. The van der Waals surface area contributed by atoms with Gasteiger partial charge >= 0.3 is 5.97 Å². The summed E-state index contributed by atoms with van der Waals surface area (Å²) >= 11 is 0. The Morgan fingerprint density at radius 1 is 1.47 bits per heavy atom. The Kier molecular flexibility index (Phi) is 6.56. The fourth-order valence-corrected chi connectivity index (χ4v) is 2.10. The molecule has 108 valence electrons. The Morgan fingerprint density at radius 3 is 2.84 bits per heavy atom. The molecule has 1 aromatic rings. The second-order valence-electron chi connectivity index (χ2n) is 5.06. The average molecular weight is 267 g/mol. The summed E-state index contributed by atoms with van der Waals surface area (Å²) in [6, 6.07) is 0.397. The second-order valence-corrected chi connectivity index (χ2v) is 5.06. The molecule has 0 aliphatic heterocycles. The minimum Gasteiger partial charge on any atom is -0.478 e. The molecule has 1 atom stereocenters. The van der Waals surface area contributed by atoms with Crippen molar-refractivity contribution < 1.29 is 9.90 Å². The fraction of sp³-hybridized carbons (Fsp3) is 0.714. The van der Waals surface area contributed by atoms with Gasteiger partial charge in [-0.3, -0.25) is 4.68 Å². The molecule has 1 heterocycles. The van der Waals surface area contributed by atoms with Gasteiger partial charge in [0.25, 0.3) is 0 Å². The number of hydrogen-bond acceptors (Lipinski definition) is 3. The third-order valence-electron chi connectivity index (χ3n) is 3.40. The molecule has 0 radical (unpaired) electrons. The van der Waals surface area contributed by atoms with Gasteiger partial charge in [-0.2, -0.15) is 5.10 Å². The van der Waals surface area contributed by atoms with Crippen LogP contribution in [0.4, 0.5) is 0 Å². The first-order chi connectivity index (χ1) is 9.06. The lowest BCUT2D eigenvalue weighted by Gasteiger charge is -2.14. The second kappa shape index (κ2) is 7.94. The summed E-state index contributed by atoms with van der Waals surface area (Å²) in [6.07, 6.45) is 7.57. The SMILES string of the molecule is CCCCCCC(C)NCc1c(C(=O)O)cnn1C. The van der Waals surface area contributed by atoms with Gasteiger partial charge in [-0.25, -0.2) is 4.79 Å². The van der Waals surface area contributed by atoms with Crippen molar-refractivity contribution in [1.29, 1.82) is 0 Å². The van der Waals surface area contributed by atoms with Gasteiger partial charge in [-0.15, -0.1) is 0 Å². The molecular weight excluding hydrogens is 242 g/mol. The van der Waals surface area contributed by atoms with Crippen LogP contribution in [0.5, 0.6) is 0 Å². The highest BCUT2D eigenvalue weighted by Crippen LogP contribution is 2.09. The number of aromatic carboxylic acids is 1. The van der Waals surface area contributed by atoms with E-state index < -0.39 is 5.97 Å². The Balaban J connectivity index is 2.39. The van der Waals surface area contributed by atoms with Gasteiger partial charge in [0.05, 0.1) is 11.9 Å². The normalized spacial score (nSPS) is 12.6. The van der Waals surface area contributed by atoms with E-state index in [4.69, 9.17) is 5.11 Å². The molecule has 0 fully saturated rings. The van der Waals surface area contributed by atoms with Gasteiger partial charge < -0.3 is 10.4 Å². The van der Waals surface area contributed by atoms with Crippen LogP contribution in [0, 0.1) is 0 Å². The third kappa shape index (κ3) is 5.03. The highest BCUT2D eigenvalue weighted by molar-refractivity contribution is 5.88. The van der Waals surface area contributed by atoms with E-state index in [1.54, 1.807) is 11.7 Å². The zero-order valence-corrected chi connectivity index (χ0v) is 12.1. The Morgan fingerprint density at radius 2 is 2.21 bits per heavy atom. The predicted octanol–water partition coefficient (Wildman–Crippen LogP) is 2.57. The van der Waals surface area contributed by atoms with Gasteiger partial charge in [-0.1, -0.05) is 32.6 Å². The molecular formula is C14H25N3O2. The first-order valence-corrected chi connectivity index (χ1v) is 7.03. The topological polar surface area (TPSA) is 67.2 Å². The Bertz CT molecular complexity index is 401. The van der Waals surface area contributed by atoms with Crippen molar-refractivity contribution in [1.82, 2.24) is 15.1 Å². The van der Waals surface area contributed by atoms with Crippen molar-refractivity contribution in [3.63, 3.8) is 0 Å². The van der Waals surface area contributed by atoms with Crippen molar-refractivity contribution in [2.75, 3.05) is 0 Å². The molecule has 0 saturated carbocycles. The van der Waals surface area contributed by atoms with E-state index in [0.717, 1.165) is 12.1 Å². The van der Waals surface area contributed by atoms with E-state index in [2.05, 4.69) is 24.3 Å². The average Bonchev–Trinajstić information content (AvgIpc) is 2.74. The van der Waals surface area contributed by atoms with Crippen LogP contribution in [0.25, 0.3) is 0 Å². The molecule has 2 N–H and O–H groups in total. The molecule has 19 heavy (non-hydrogen) atoms. The van der Waals surface area contributed by atoms with Crippen molar-refractivity contribution in [2.24, 2.45) is 7.05 Å². The van der Waals surface area contributed by atoms with Gasteiger partial charge in [0.1, 0.15) is 5.56 Å². The lowest BCUT2D eigenvalue weighted by Crippen LogP contribution is -2.27. The number of hydrogen-bond donors (Lipinski definition) is 2. The van der Waals surface area contributed by atoms with E-state index in [-0.39, 0.29) is 5.56 Å². The van der Waals surface area contributed by atoms with E-state index in [1.165, 1.54) is 31.9 Å². The largest absolute Gasteiger partial charge is 0.478 e. The smallest absolute Gasteiger partial charge is 0.339 e. The van der Waals surface area contributed by atoms with Crippen molar-refractivity contribution >= 4 is 5.97 Å². The number of aromatic nitrogens is 2. The van der Waals surface area contributed by atoms with Crippen molar-refractivity contribution in [3.8, 4) is 0 Å². The van der Waals surface area contributed by atoms with Gasteiger partial charge in [0.2, 0.25) is 0 Å². The molecule has 0 saturated heterocycles. The van der Waals surface area contributed by atoms with Crippen molar-refractivity contribution in [2.45, 2.75) is 58.5 Å². The Hall–Kier alpha value is -1.36. The maximum absolute atomic E-state index is 11.0. The van der Waals surface area contributed by atoms with Crippen LogP contribution in [0.1, 0.15) is 62.0 Å². The van der Waals surface area contributed by atoms with Crippen LogP contribution in [0.15, 0.2) is 6.20 Å². The summed E-state index contributed by atoms with van der Waals surface area (Å²) < 4.78 is 1.63. The zero-order valence-electron chi connectivity index (χ0n) is 12.1. The molecule has 5 heteroatoms. The first kappa shape index (κ1) is 15.7. The van der Waals surface area contributed by atoms with Crippen molar-refractivity contribution in [3.05, 3.63) is 17.5 Å². The van der Waals surface area contributed by atoms with E-state index in [9.17, 15) is 4.79 Å². The minimum atomic E-state index is -0.916. The van der Waals surface area contributed by atoms with Crippen LogP contribution >= 0.6 is 0 Å². The molecule has 0 amide bonds. The monoisotopic (exact) mass is 267 g/mol. The van der Waals surface area contributed by atoms with E-state index >= 15 is 0 Å². The van der Waals surface area contributed by atoms with Crippen LogP contribution in [-0.4, -0.2) is 26.9 Å². The zero-order chi connectivity index (χ0) is 14.3. The predicted molar refractivity (Wildman–Crippen MR) is 75.2 cm³/mol. The van der Waals surface area contributed by atoms with Crippen LogP contribution in [0.2, 0.25) is 0 Å². The van der Waals surface area contributed by atoms with Gasteiger partial charge in [-0.05, 0) is 13.3 Å². The van der Waals surface area contributed by atoms with Crippen LogP contribution < -0.4 is 5.32 Å². The molecule has 5 nitrogen and oxygen atoms in total. The van der Waals surface area contributed by atoms with E-state index in [1.807, 2.05) is 0 Å².